The number of thioether (sulfide) groups is 1. The Balaban J connectivity index is 1.74. The summed E-state index contributed by atoms with van der Waals surface area (Å²) >= 11 is 1.36. The molecule has 0 aliphatic heterocycles. The molecule has 0 radical (unpaired) electrons. The zero-order valence-electron chi connectivity index (χ0n) is 14.3. The zero-order chi connectivity index (χ0) is 17.8. The number of aryl methyl sites for hydroxylation is 1. The molecule has 0 saturated carbocycles. The summed E-state index contributed by atoms with van der Waals surface area (Å²) in [6.07, 6.45) is 0. The van der Waals surface area contributed by atoms with Gasteiger partial charge in [-0.05, 0) is 20.8 Å². The van der Waals surface area contributed by atoms with Crippen molar-refractivity contribution in [2.45, 2.75) is 37.7 Å². The molecule has 0 saturated heterocycles. The zero-order valence-corrected chi connectivity index (χ0v) is 15.1. The number of hydrogen-bond acceptors (Lipinski definition) is 6. The Bertz CT molecular complexity index is 859. The maximum atomic E-state index is 12.3. The molecule has 0 aliphatic rings. The van der Waals surface area contributed by atoms with Gasteiger partial charge in [0, 0.05) is 18.2 Å². The average molecular weight is 357 g/mol. The van der Waals surface area contributed by atoms with Gasteiger partial charge in [-0.25, -0.2) is 0 Å². The summed E-state index contributed by atoms with van der Waals surface area (Å²) in [5.41, 5.74) is 0.999. The highest BCUT2D eigenvalue weighted by Crippen LogP contribution is 2.27. The van der Waals surface area contributed by atoms with E-state index in [9.17, 15) is 4.79 Å². The van der Waals surface area contributed by atoms with Crippen LogP contribution in [0.4, 0.5) is 5.82 Å². The maximum absolute atomic E-state index is 12.3. The largest absolute Gasteiger partial charge is 0.360 e. The second kappa shape index (κ2) is 7.52. The van der Waals surface area contributed by atoms with Gasteiger partial charge in [0.25, 0.3) is 0 Å². The lowest BCUT2D eigenvalue weighted by atomic mass is 10.2. The van der Waals surface area contributed by atoms with Gasteiger partial charge in [-0.1, -0.05) is 47.3 Å². The van der Waals surface area contributed by atoms with E-state index in [0.29, 0.717) is 16.7 Å². The van der Waals surface area contributed by atoms with E-state index in [4.69, 9.17) is 4.52 Å². The average Bonchev–Trinajstić information content (AvgIpc) is 3.21. The van der Waals surface area contributed by atoms with Gasteiger partial charge in [0.1, 0.15) is 5.76 Å². The van der Waals surface area contributed by atoms with Crippen molar-refractivity contribution >= 4 is 23.5 Å². The predicted octanol–water partition coefficient (Wildman–Crippen LogP) is 3.38. The van der Waals surface area contributed by atoms with Gasteiger partial charge < -0.3 is 14.4 Å². The van der Waals surface area contributed by atoms with Crippen LogP contribution in [-0.2, 0) is 11.3 Å². The quantitative estimate of drug-likeness (QED) is 0.681. The number of carbonyl (C=O) groups excluding carboxylic acids is 1. The molecule has 2 aromatic heterocycles. The minimum atomic E-state index is -0.352. The van der Waals surface area contributed by atoms with Crippen molar-refractivity contribution in [2.75, 3.05) is 5.32 Å². The van der Waals surface area contributed by atoms with Crippen LogP contribution in [0.15, 0.2) is 46.1 Å². The number of hydrogen-bond donors (Lipinski definition) is 1. The Morgan fingerprint density at radius 1 is 1.32 bits per heavy atom. The number of nitrogens with zero attached hydrogens (tertiary/aromatic N) is 4. The lowest BCUT2D eigenvalue weighted by molar-refractivity contribution is -0.115. The van der Waals surface area contributed by atoms with Gasteiger partial charge in [0.15, 0.2) is 16.8 Å². The van der Waals surface area contributed by atoms with Crippen molar-refractivity contribution < 1.29 is 9.32 Å². The van der Waals surface area contributed by atoms with E-state index in [1.165, 1.54) is 11.8 Å². The molecule has 8 heteroatoms. The number of nitrogens with one attached hydrogen (secondary N) is 1. The first-order chi connectivity index (χ1) is 12.1. The first-order valence-electron chi connectivity index (χ1n) is 7.98. The van der Waals surface area contributed by atoms with Gasteiger partial charge in [0.05, 0.1) is 5.25 Å². The lowest BCUT2D eigenvalue weighted by Crippen LogP contribution is -2.23. The molecule has 7 nitrogen and oxygen atoms in total. The Morgan fingerprint density at radius 2 is 2.08 bits per heavy atom. The first-order valence-corrected chi connectivity index (χ1v) is 8.86. The number of rotatable bonds is 6. The van der Waals surface area contributed by atoms with Gasteiger partial charge in [0.2, 0.25) is 5.91 Å². The van der Waals surface area contributed by atoms with E-state index in [0.717, 1.165) is 17.9 Å². The summed E-state index contributed by atoms with van der Waals surface area (Å²) in [6, 6.07) is 11.6. The molecule has 3 aromatic rings. The molecule has 0 unspecified atom stereocenters. The molecule has 1 aromatic carbocycles. The summed E-state index contributed by atoms with van der Waals surface area (Å²) in [6.45, 7) is 6.35. The molecule has 1 amide bonds. The second-order valence-electron chi connectivity index (χ2n) is 5.49. The molecular formula is C17H19N5O2S. The van der Waals surface area contributed by atoms with Crippen molar-refractivity contribution in [2.24, 2.45) is 0 Å². The summed E-state index contributed by atoms with van der Waals surface area (Å²) in [5, 5.41) is 15.4. The van der Waals surface area contributed by atoms with Crippen molar-refractivity contribution in [1.29, 1.82) is 0 Å². The van der Waals surface area contributed by atoms with E-state index in [1.54, 1.807) is 13.0 Å². The summed E-state index contributed by atoms with van der Waals surface area (Å²) in [7, 11) is 0. The summed E-state index contributed by atoms with van der Waals surface area (Å²) < 4.78 is 6.96. The monoisotopic (exact) mass is 357 g/mol. The Labute approximate surface area is 149 Å². The molecule has 25 heavy (non-hydrogen) atoms. The highest BCUT2D eigenvalue weighted by Gasteiger charge is 2.21. The molecule has 1 atom stereocenters. The third kappa shape index (κ3) is 3.90. The van der Waals surface area contributed by atoms with Crippen LogP contribution in [0, 0.1) is 6.92 Å². The Hall–Kier alpha value is -2.61. The maximum Gasteiger partial charge on any atom is 0.238 e. The molecule has 0 bridgehead atoms. The number of amides is 1. The van der Waals surface area contributed by atoms with Gasteiger partial charge in [-0.15, -0.1) is 10.2 Å². The fourth-order valence-corrected chi connectivity index (χ4v) is 3.24. The minimum absolute atomic E-state index is 0.162. The fraction of sp³-hybridized carbons (Fsp3) is 0.294. The third-order valence-electron chi connectivity index (χ3n) is 3.60. The SMILES string of the molecule is CCn1c(S[C@@H](C)C(=O)Nc2cc(C)on2)nnc1-c1ccccc1. The molecule has 0 aliphatic carbocycles. The predicted molar refractivity (Wildman–Crippen MR) is 96.3 cm³/mol. The lowest BCUT2D eigenvalue weighted by Gasteiger charge is -2.11. The third-order valence-corrected chi connectivity index (χ3v) is 4.68. The minimum Gasteiger partial charge on any atom is -0.360 e. The molecule has 2 heterocycles. The van der Waals surface area contributed by atoms with Crippen LogP contribution in [0.25, 0.3) is 11.4 Å². The number of anilines is 1. The second-order valence-corrected chi connectivity index (χ2v) is 6.80. The fourth-order valence-electron chi connectivity index (χ4n) is 2.33. The standard InChI is InChI=1S/C17H19N5O2S/c1-4-22-15(13-8-6-5-7-9-13)19-20-17(22)25-12(3)16(23)18-14-10-11(2)24-21-14/h5-10,12H,4H2,1-3H3,(H,18,21,23)/t12-/m0/s1. The van der Waals surface area contributed by atoms with Crippen LogP contribution in [0.5, 0.6) is 0 Å². The summed E-state index contributed by atoms with van der Waals surface area (Å²) in [4.78, 5) is 12.3. The molecular weight excluding hydrogens is 338 g/mol. The van der Waals surface area contributed by atoms with Crippen molar-refractivity contribution in [3.8, 4) is 11.4 Å². The van der Waals surface area contributed by atoms with E-state index in [1.807, 2.05) is 48.7 Å². The number of benzene rings is 1. The van der Waals surface area contributed by atoms with Crippen LogP contribution < -0.4 is 5.32 Å². The van der Waals surface area contributed by atoms with Crippen LogP contribution >= 0.6 is 11.8 Å². The highest BCUT2D eigenvalue weighted by molar-refractivity contribution is 8.00. The number of aromatic nitrogens is 4. The van der Waals surface area contributed by atoms with Crippen LogP contribution in [-0.4, -0.2) is 31.1 Å². The smallest absolute Gasteiger partial charge is 0.238 e. The van der Waals surface area contributed by atoms with Crippen molar-refractivity contribution in [1.82, 2.24) is 19.9 Å². The van der Waals surface area contributed by atoms with Crippen molar-refractivity contribution in [3.63, 3.8) is 0 Å². The highest BCUT2D eigenvalue weighted by atomic mass is 32.2. The molecule has 1 N–H and O–H groups in total. The van der Waals surface area contributed by atoms with E-state index < -0.39 is 0 Å². The van der Waals surface area contributed by atoms with E-state index in [-0.39, 0.29) is 11.2 Å². The van der Waals surface area contributed by atoms with Gasteiger partial charge in [-0.3, -0.25) is 4.79 Å². The topological polar surface area (TPSA) is 85.8 Å². The molecule has 3 rings (SSSR count). The van der Waals surface area contributed by atoms with Crippen LogP contribution in [0.2, 0.25) is 0 Å². The number of carbonyl (C=O) groups is 1. The van der Waals surface area contributed by atoms with E-state index >= 15 is 0 Å². The van der Waals surface area contributed by atoms with E-state index in [2.05, 4.69) is 20.7 Å². The molecule has 0 fully saturated rings. The van der Waals surface area contributed by atoms with Crippen molar-refractivity contribution in [3.05, 3.63) is 42.2 Å². The summed E-state index contributed by atoms with van der Waals surface area (Å²) in [5.74, 6) is 1.70. The Kier molecular flexibility index (Phi) is 5.18. The van der Waals surface area contributed by atoms with Gasteiger partial charge in [-0.2, -0.15) is 0 Å². The normalized spacial score (nSPS) is 12.1. The van der Waals surface area contributed by atoms with Gasteiger partial charge >= 0.3 is 0 Å². The van der Waals surface area contributed by atoms with Crippen LogP contribution in [0.3, 0.4) is 0 Å². The molecule has 130 valence electrons. The Morgan fingerprint density at radius 3 is 2.72 bits per heavy atom. The first kappa shape index (κ1) is 17.2. The van der Waals surface area contributed by atoms with Crippen LogP contribution in [0.1, 0.15) is 19.6 Å². The molecule has 0 spiro atoms.